The van der Waals surface area contributed by atoms with E-state index >= 15 is 0 Å². The number of fused-ring (bicyclic) bond motifs is 3. The number of benzene rings is 3. The Morgan fingerprint density at radius 2 is 1.73 bits per heavy atom. The number of para-hydroxylation sites is 2. The van der Waals surface area contributed by atoms with Crippen LogP contribution in [0.1, 0.15) is 15.9 Å². The molecule has 2 heterocycles. The summed E-state index contributed by atoms with van der Waals surface area (Å²) < 4.78 is 8.54. The van der Waals surface area contributed by atoms with Crippen molar-refractivity contribution in [3.8, 4) is 5.75 Å². The third kappa shape index (κ3) is 3.42. The zero-order valence-corrected chi connectivity index (χ0v) is 17.8. The molecular weight excluding hydrogens is 464 g/mol. The third-order valence-electron chi connectivity index (χ3n) is 4.61. The number of rotatable bonds is 3. The minimum absolute atomic E-state index is 0.0885. The van der Waals surface area contributed by atoms with E-state index < -0.39 is 5.97 Å². The van der Waals surface area contributed by atoms with Crippen LogP contribution in [0.4, 0.5) is 0 Å². The van der Waals surface area contributed by atoms with Crippen molar-refractivity contribution < 1.29 is 9.53 Å². The highest BCUT2D eigenvalue weighted by Gasteiger charge is 2.11. The van der Waals surface area contributed by atoms with Crippen molar-refractivity contribution in [3.05, 3.63) is 103 Å². The maximum Gasteiger partial charge on any atom is 0.343 e. The molecule has 2 aromatic heterocycles. The summed E-state index contributed by atoms with van der Waals surface area (Å²) in [6, 6.07) is 21.6. The van der Waals surface area contributed by atoms with Crippen LogP contribution in [-0.2, 0) is 0 Å². The van der Waals surface area contributed by atoms with Crippen LogP contribution in [0.2, 0.25) is 0 Å². The van der Waals surface area contributed by atoms with Gasteiger partial charge < -0.3 is 4.74 Å². The summed E-state index contributed by atoms with van der Waals surface area (Å²) in [7, 11) is 0. The lowest BCUT2D eigenvalue weighted by atomic mass is 10.2. The summed E-state index contributed by atoms with van der Waals surface area (Å²) in [6.07, 6.45) is 1.82. The third-order valence-corrected chi connectivity index (χ3v) is 6.11. The van der Waals surface area contributed by atoms with Crippen LogP contribution in [0.25, 0.3) is 22.1 Å². The zero-order valence-electron chi connectivity index (χ0n) is 15.4. The van der Waals surface area contributed by atoms with Crippen molar-refractivity contribution in [1.82, 2.24) is 9.38 Å². The second-order valence-corrected chi connectivity index (χ2v) is 8.52. The molecule has 7 heteroatoms. The molecule has 146 valence electrons. The summed E-state index contributed by atoms with van der Waals surface area (Å²) in [5.74, 6) is 0.0156. The fourth-order valence-electron chi connectivity index (χ4n) is 3.15. The van der Waals surface area contributed by atoms with Gasteiger partial charge in [0.25, 0.3) is 5.56 Å². The molecule has 0 atom stereocenters. The zero-order chi connectivity index (χ0) is 20.7. The Morgan fingerprint density at radius 3 is 2.50 bits per heavy atom. The van der Waals surface area contributed by atoms with Gasteiger partial charge in [0.1, 0.15) is 5.75 Å². The average Bonchev–Trinajstić information content (AvgIpc) is 3.26. The summed E-state index contributed by atoms with van der Waals surface area (Å²) in [5.41, 5.74) is 2.84. The summed E-state index contributed by atoms with van der Waals surface area (Å²) in [5, 5.41) is 0. The first-order valence-corrected chi connectivity index (χ1v) is 10.7. The van der Waals surface area contributed by atoms with Gasteiger partial charge in [-0.15, -0.1) is 0 Å². The Kier molecular flexibility index (Phi) is 4.69. The predicted molar refractivity (Wildman–Crippen MR) is 121 cm³/mol. The number of esters is 1. The van der Waals surface area contributed by atoms with Crippen molar-refractivity contribution >= 4 is 55.3 Å². The highest BCUT2D eigenvalue weighted by atomic mass is 79.9. The Morgan fingerprint density at radius 1 is 1.00 bits per heavy atom. The normalized spacial score (nSPS) is 12.0. The molecule has 0 radical (unpaired) electrons. The molecule has 0 aliphatic heterocycles. The highest BCUT2D eigenvalue weighted by Crippen LogP contribution is 2.18. The van der Waals surface area contributed by atoms with Crippen LogP contribution in [-0.4, -0.2) is 15.4 Å². The first-order valence-electron chi connectivity index (χ1n) is 9.08. The Bertz CT molecular complexity index is 1500. The van der Waals surface area contributed by atoms with Crippen molar-refractivity contribution in [1.29, 1.82) is 0 Å². The minimum Gasteiger partial charge on any atom is -0.423 e. The number of hydrogen-bond acceptors (Lipinski definition) is 5. The molecule has 0 bridgehead atoms. The summed E-state index contributed by atoms with van der Waals surface area (Å²) in [4.78, 5) is 30.3. The molecule has 0 spiro atoms. The summed E-state index contributed by atoms with van der Waals surface area (Å²) in [6.45, 7) is 0. The number of aromatic nitrogens is 2. The first kappa shape index (κ1) is 18.7. The SMILES string of the molecule is O=C(Oc1ccc(/C=c2/sc3nc4ccccc4n3c2=O)cc1)c1ccc(Br)cc1. The quantitative estimate of drug-likeness (QED) is 0.285. The minimum atomic E-state index is -0.424. The number of halogens is 1. The van der Waals surface area contributed by atoms with Gasteiger partial charge >= 0.3 is 5.97 Å². The van der Waals surface area contributed by atoms with E-state index in [2.05, 4.69) is 20.9 Å². The van der Waals surface area contributed by atoms with Crippen molar-refractivity contribution in [2.45, 2.75) is 0 Å². The van der Waals surface area contributed by atoms with Crippen molar-refractivity contribution in [2.24, 2.45) is 0 Å². The molecule has 0 fully saturated rings. The van der Waals surface area contributed by atoms with Crippen LogP contribution in [0.5, 0.6) is 5.75 Å². The van der Waals surface area contributed by atoms with Crippen molar-refractivity contribution in [2.75, 3.05) is 0 Å². The molecular formula is C23H13BrN2O3S. The van der Waals surface area contributed by atoms with Gasteiger partial charge in [0, 0.05) is 4.47 Å². The van der Waals surface area contributed by atoms with Gasteiger partial charge in [0.05, 0.1) is 21.1 Å². The molecule has 30 heavy (non-hydrogen) atoms. The van der Waals surface area contributed by atoms with Gasteiger partial charge in [0.15, 0.2) is 4.96 Å². The average molecular weight is 477 g/mol. The van der Waals surface area contributed by atoms with Gasteiger partial charge in [-0.1, -0.05) is 51.5 Å². The van der Waals surface area contributed by atoms with Crippen LogP contribution < -0.4 is 14.8 Å². The van der Waals surface area contributed by atoms with E-state index in [0.29, 0.717) is 20.8 Å². The van der Waals surface area contributed by atoms with E-state index in [0.717, 1.165) is 21.1 Å². The maximum atomic E-state index is 12.8. The molecule has 0 aliphatic carbocycles. The second-order valence-electron chi connectivity index (χ2n) is 6.60. The van der Waals surface area contributed by atoms with Crippen molar-refractivity contribution in [3.63, 3.8) is 0 Å². The first-order chi connectivity index (χ1) is 14.6. The summed E-state index contributed by atoms with van der Waals surface area (Å²) >= 11 is 4.69. The standard InChI is InChI=1S/C23H13BrN2O3S/c24-16-9-7-15(8-10-16)22(28)29-17-11-5-14(6-12-17)13-20-21(27)26-19-4-2-1-3-18(19)25-23(26)30-20/h1-13H/b20-13+. The van der Waals surface area contributed by atoms with Crippen LogP contribution in [0.15, 0.2) is 82.1 Å². The molecule has 5 rings (SSSR count). The molecule has 5 nitrogen and oxygen atoms in total. The number of ether oxygens (including phenoxy) is 1. The molecule has 5 aromatic rings. The Labute approximate surface area is 183 Å². The monoisotopic (exact) mass is 476 g/mol. The van der Waals surface area contributed by atoms with E-state index in [-0.39, 0.29) is 5.56 Å². The predicted octanol–water partition coefficient (Wildman–Crippen LogP) is 4.44. The molecule has 0 amide bonds. The van der Waals surface area contributed by atoms with E-state index in [9.17, 15) is 9.59 Å². The van der Waals surface area contributed by atoms with Gasteiger partial charge in [-0.2, -0.15) is 0 Å². The molecule has 0 saturated carbocycles. The van der Waals surface area contributed by atoms with E-state index in [1.54, 1.807) is 40.8 Å². The lowest BCUT2D eigenvalue weighted by molar-refractivity contribution is 0.0734. The molecule has 0 aliphatic rings. The molecule has 0 N–H and O–H groups in total. The highest BCUT2D eigenvalue weighted by molar-refractivity contribution is 9.10. The largest absolute Gasteiger partial charge is 0.423 e. The topological polar surface area (TPSA) is 60.7 Å². The molecule has 0 unspecified atom stereocenters. The fourth-order valence-corrected chi connectivity index (χ4v) is 4.40. The van der Waals surface area contributed by atoms with E-state index in [4.69, 9.17) is 4.74 Å². The molecule has 3 aromatic carbocycles. The van der Waals surface area contributed by atoms with Crippen LogP contribution in [0.3, 0.4) is 0 Å². The molecule has 0 saturated heterocycles. The number of carbonyl (C=O) groups is 1. The number of thiazole rings is 1. The lowest BCUT2D eigenvalue weighted by Gasteiger charge is -2.04. The smallest absolute Gasteiger partial charge is 0.343 e. The number of nitrogens with zero attached hydrogens (tertiary/aromatic N) is 2. The second kappa shape index (κ2) is 7.51. The Balaban J connectivity index is 1.42. The Hall–Kier alpha value is -3.29. The van der Waals surface area contributed by atoms with Crippen LogP contribution >= 0.6 is 27.3 Å². The van der Waals surface area contributed by atoms with Crippen LogP contribution in [0, 0.1) is 0 Å². The van der Waals surface area contributed by atoms with Gasteiger partial charge in [-0.25, -0.2) is 14.2 Å². The van der Waals surface area contributed by atoms with E-state index in [1.165, 1.54) is 11.3 Å². The van der Waals surface area contributed by atoms with Gasteiger partial charge in [-0.05, 0) is 60.2 Å². The van der Waals surface area contributed by atoms with E-state index in [1.807, 2.05) is 42.5 Å². The maximum absolute atomic E-state index is 12.8. The number of imidazole rings is 1. The lowest BCUT2D eigenvalue weighted by Crippen LogP contribution is -2.22. The number of hydrogen-bond donors (Lipinski definition) is 0. The van der Waals surface area contributed by atoms with Gasteiger partial charge in [0.2, 0.25) is 0 Å². The number of carbonyl (C=O) groups excluding carboxylic acids is 1. The fraction of sp³-hybridized carbons (Fsp3) is 0. The van der Waals surface area contributed by atoms with Gasteiger partial charge in [-0.3, -0.25) is 4.79 Å².